The van der Waals surface area contributed by atoms with Crippen LogP contribution in [0.3, 0.4) is 0 Å². The Morgan fingerprint density at radius 2 is 2.32 bits per heavy atom. The zero-order valence-electron chi connectivity index (χ0n) is 9.75. The lowest BCUT2D eigenvalue weighted by molar-refractivity contribution is 0.0691. The van der Waals surface area contributed by atoms with Gasteiger partial charge >= 0.3 is 5.97 Å². The second-order valence-corrected chi connectivity index (χ2v) is 4.01. The number of carboxylic acid groups (broad SMARTS) is 1. The van der Waals surface area contributed by atoms with E-state index in [-0.39, 0.29) is 16.7 Å². The third kappa shape index (κ3) is 1.46. The van der Waals surface area contributed by atoms with Crippen LogP contribution in [0.2, 0.25) is 0 Å². The summed E-state index contributed by atoms with van der Waals surface area (Å²) in [6.45, 7) is 3.61. The van der Waals surface area contributed by atoms with Gasteiger partial charge in [-0.15, -0.1) is 0 Å². The normalized spacial score (nSPS) is 10.9. The van der Waals surface area contributed by atoms with E-state index in [0.717, 1.165) is 0 Å². The summed E-state index contributed by atoms with van der Waals surface area (Å²) in [5, 5.41) is 12.5. The number of aromatic nitrogens is 3. The molecule has 1 aliphatic carbocycles. The Hall–Kier alpha value is -2.89. The molecule has 0 atom stereocenters. The van der Waals surface area contributed by atoms with Crippen molar-refractivity contribution >= 4 is 23.1 Å². The van der Waals surface area contributed by atoms with Gasteiger partial charge in [0, 0.05) is 23.8 Å². The molecule has 94 valence electrons. The molecule has 0 bridgehead atoms. The van der Waals surface area contributed by atoms with Gasteiger partial charge in [0.2, 0.25) is 0 Å². The van der Waals surface area contributed by atoms with Crippen molar-refractivity contribution in [2.45, 2.75) is 0 Å². The summed E-state index contributed by atoms with van der Waals surface area (Å²) in [6, 6.07) is 4.85. The van der Waals surface area contributed by atoms with Gasteiger partial charge in [-0.2, -0.15) is 0 Å². The molecule has 0 amide bonds. The maximum atomic E-state index is 12.1. The first-order valence-corrected chi connectivity index (χ1v) is 5.51. The Labute approximate surface area is 106 Å². The molecule has 0 spiro atoms. The number of hydrogen-bond acceptors (Lipinski definition) is 3. The van der Waals surface area contributed by atoms with Gasteiger partial charge in [0.05, 0.1) is 16.8 Å². The number of hydrogen-bond donors (Lipinski definition) is 2. The van der Waals surface area contributed by atoms with Gasteiger partial charge in [-0.25, -0.2) is 4.79 Å². The van der Waals surface area contributed by atoms with Crippen LogP contribution in [-0.2, 0) is 0 Å². The molecule has 1 aromatic heterocycles. The predicted molar refractivity (Wildman–Crippen MR) is 70.3 cm³/mol. The average Bonchev–Trinajstić information content (AvgIpc) is 2.79. The summed E-state index contributed by atoms with van der Waals surface area (Å²) < 4.78 is 1.42. The maximum Gasteiger partial charge on any atom is 0.354 e. The summed E-state index contributed by atoms with van der Waals surface area (Å²) in [5.41, 5.74) is 0.601. The zero-order valence-corrected chi connectivity index (χ0v) is 9.75. The fraction of sp³-hybridized carbons (Fsp3) is 0. The number of aromatic amines is 1. The number of benzene rings is 1. The van der Waals surface area contributed by atoms with E-state index < -0.39 is 5.97 Å². The number of carboxylic acids is 1. The summed E-state index contributed by atoms with van der Waals surface area (Å²) in [4.78, 5) is 27.4. The molecule has 0 unspecified atom stereocenters. The minimum atomic E-state index is -1.19. The SMILES string of the molecule is C=Cn1[nH]c(C(=O)O)c2c(=O)cc3ncccc3c1-2. The Bertz CT molecular complexity index is 844. The Morgan fingerprint density at radius 1 is 1.53 bits per heavy atom. The molecule has 2 N–H and O–H groups in total. The van der Waals surface area contributed by atoms with E-state index in [1.165, 1.54) is 16.9 Å². The monoisotopic (exact) mass is 255 g/mol. The highest BCUT2D eigenvalue weighted by molar-refractivity contribution is 6.02. The van der Waals surface area contributed by atoms with E-state index in [9.17, 15) is 9.59 Å². The van der Waals surface area contributed by atoms with E-state index >= 15 is 0 Å². The van der Waals surface area contributed by atoms with Gasteiger partial charge in [-0.05, 0) is 12.1 Å². The number of nitrogens with zero attached hydrogens (tertiary/aromatic N) is 2. The molecular formula is C13H9N3O3. The predicted octanol–water partition coefficient (Wildman–Crippen LogP) is 1.63. The summed E-state index contributed by atoms with van der Waals surface area (Å²) >= 11 is 0. The van der Waals surface area contributed by atoms with Crippen LogP contribution in [0.5, 0.6) is 0 Å². The van der Waals surface area contributed by atoms with Gasteiger partial charge in [0.25, 0.3) is 0 Å². The van der Waals surface area contributed by atoms with Gasteiger partial charge in [-0.3, -0.25) is 19.6 Å². The van der Waals surface area contributed by atoms with E-state index in [0.29, 0.717) is 16.6 Å². The minimum Gasteiger partial charge on any atom is -0.477 e. The van der Waals surface area contributed by atoms with Crippen molar-refractivity contribution in [2.24, 2.45) is 0 Å². The lowest BCUT2D eigenvalue weighted by Crippen LogP contribution is -2.09. The Balaban J connectivity index is 2.60. The van der Waals surface area contributed by atoms with Crippen molar-refractivity contribution in [3.05, 3.63) is 46.9 Å². The number of nitrogens with one attached hydrogen (secondary N) is 1. The molecule has 0 fully saturated rings. The number of H-pyrrole nitrogens is 1. The average molecular weight is 255 g/mol. The van der Waals surface area contributed by atoms with Crippen LogP contribution in [0.25, 0.3) is 28.4 Å². The van der Waals surface area contributed by atoms with Crippen LogP contribution in [0.4, 0.5) is 0 Å². The van der Waals surface area contributed by atoms with E-state index in [1.807, 2.05) is 0 Å². The van der Waals surface area contributed by atoms with Gasteiger partial charge in [0.1, 0.15) is 0 Å². The first kappa shape index (κ1) is 11.2. The molecule has 2 heterocycles. The zero-order chi connectivity index (χ0) is 13.6. The number of carbonyl (C=O) groups is 1. The van der Waals surface area contributed by atoms with Crippen LogP contribution < -0.4 is 5.43 Å². The topological polar surface area (TPSA) is 88.0 Å². The third-order valence-electron chi connectivity index (χ3n) is 2.96. The van der Waals surface area contributed by atoms with Gasteiger partial charge in [-0.1, -0.05) is 6.58 Å². The van der Waals surface area contributed by atoms with Crippen LogP contribution in [0.1, 0.15) is 10.5 Å². The van der Waals surface area contributed by atoms with E-state index in [1.54, 1.807) is 18.3 Å². The quantitative estimate of drug-likeness (QED) is 0.728. The van der Waals surface area contributed by atoms with Crippen molar-refractivity contribution in [1.29, 1.82) is 0 Å². The first-order valence-electron chi connectivity index (χ1n) is 5.51. The van der Waals surface area contributed by atoms with Gasteiger partial charge < -0.3 is 5.11 Å². The second-order valence-electron chi connectivity index (χ2n) is 4.01. The highest BCUT2D eigenvalue weighted by Crippen LogP contribution is 2.29. The van der Waals surface area contributed by atoms with Crippen molar-refractivity contribution < 1.29 is 9.90 Å². The van der Waals surface area contributed by atoms with E-state index in [2.05, 4.69) is 16.7 Å². The standard InChI is InChI=1S/C13H9N3O3/c1-2-16-12-7-4-3-5-14-8(7)6-9(17)10(12)11(15-16)13(18)19/h2-6,15H,1H2,(H,18,19). The number of rotatable bonds is 2. The molecule has 0 radical (unpaired) electrons. The molecule has 1 aromatic rings. The Kier molecular flexibility index (Phi) is 2.25. The van der Waals surface area contributed by atoms with E-state index in [4.69, 9.17) is 5.11 Å². The number of pyridine rings is 1. The molecule has 19 heavy (non-hydrogen) atoms. The maximum absolute atomic E-state index is 12.1. The van der Waals surface area contributed by atoms with Crippen LogP contribution >= 0.6 is 0 Å². The van der Waals surface area contributed by atoms with Crippen molar-refractivity contribution in [3.8, 4) is 11.3 Å². The summed E-state index contributed by atoms with van der Waals surface area (Å²) in [5.74, 6) is -1.19. The molecule has 2 aliphatic rings. The van der Waals surface area contributed by atoms with Crippen molar-refractivity contribution in [3.63, 3.8) is 0 Å². The largest absolute Gasteiger partial charge is 0.477 e. The molecule has 6 heteroatoms. The van der Waals surface area contributed by atoms with Crippen LogP contribution in [-0.4, -0.2) is 25.8 Å². The van der Waals surface area contributed by atoms with Crippen molar-refractivity contribution in [2.75, 3.05) is 0 Å². The highest BCUT2D eigenvalue weighted by atomic mass is 16.4. The molecule has 0 saturated carbocycles. The molecular weight excluding hydrogens is 246 g/mol. The van der Waals surface area contributed by atoms with Gasteiger partial charge in [0.15, 0.2) is 11.1 Å². The third-order valence-corrected chi connectivity index (χ3v) is 2.96. The van der Waals surface area contributed by atoms with Crippen molar-refractivity contribution in [1.82, 2.24) is 14.8 Å². The molecule has 0 aromatic carbocycles. The molecule has 3 rings (SSSR count). The van der Waals surface area contributed by atoms with Crippen LogP contribution in [0.15, 0.2) is 35.8 Å². The smallest absolute Gasteiger partial charge is 0.354 e. The highest BCUT2D eigenvalue weighted by Gasteiger charge is 2.25. The molecule has 1 aliphatic heterocycles. The first-order chi connectivity index (χ1) is 9.13. The fourth-order valence-corrected chi connectivity index (χ4v) is 2.20. The lowest BCUT2D eigenvalue weighted by Gasteiger charge is -2.05. The summed E-state index contributed by atoms with van der Waals surface area (Å²) in [6.07, 6.45) is 3.00. The number of fused-ring (bicyclic) bond motifs is 3. The minimum absolute atomic E-state index is 0.132. The fourth-order valence-electron chi connectivity index (χ4n) is 2.20. The molecule has 0 saturated heterocycles. The number of aromatic carboxylic acids is 1. The summed E-state index contributed by atoms with van der Waals surface area (Å²) in [7, 11) is 0. The Morgan fingerprint density at radius 3 is 3.00 bits per heavy atom. The lowest BCUT2D eigenvalue weighted by atomic mass is 10.0. The second kappa shape index (κ2) is 3.81. The van der Waals surface area contributed by atoms with Crippen LogP contribution in [0, 0.1) is 0 Å². The molecule has 6 nitrogen and oxygen atoms in total.